The lowest BCUT2D eigenvalue weighted by atomic mass is 9.87. The van der Waals surface area contributed by atoms with Gasteiger partial charge in [0.25, 0.3) is 5.91 Å². The molecule has 0 bridgehead atoms. The van der Waals surface area contributed by atoms with Crippen LogP contribution in [0.5, 0.6) is 5.75 Å². The zero-order valence-corrected chi connectivity index (χ0v) is 13.1. The lowest BCUT2D eigenvalue weighted by Gasteiger charge is -2.20. The van der Waals surface area contributed by atoms with Crippen molar-refractivity contribution in [2.45, 2.75) is 52.2 Å². The van der Waals surface area contributed by atoms with E-state index in [2.05, 4.69) is 26.1 Å². The van der Waals surface area contributed by atoms with E-state index in [1.54, 1.807) is 6.92 Å². The summed E-state index contributed by atoms with van der Waals surface area (Å²) in [5, 5.41) is 11.1. The minimum Gasteiger partial charge on any atom is -0.481 e. The summed E-state index contributed by atoms with van der Waals surface area (Å²) in [6, 6.07) is 6.60. The van der Waals surface area contributed by atoms with Crippen molar-refractivity contribution in [3.8, 4) is 5.75 Å². The number of carbonyl (C=O) groups excluding carboxylic acids is 1. The molecule has 5 heteroatoms. The Kier molecular flexibility index (Phi) is 5.35. The fourth-order valence-electron chi connectivity index (χ4n) is 1.68. The molecule has 0 fully saturated rings. The Morgan fingerprint density at radius 1 is 1.14 bits per heavy atom. The molecule has 1 aromatic carbocycles. The van der Waals surface area contributed by atoms with E-state index in [9.17, 15) is 9.59 Å². The molecule has 0 aliphatic carbocycles. The molecule has 1 amide bonds. The van der Waals surface area contributed by atoms with Crippen LogP contribution in [0.15, 0.2) is 24.3 Å². The normalized spacial score (nSPS) is 14.1. The number of benzene rings is 1. The molecule has 2 N–H and O–H groups in total. The van der Waals surface area contributed by atoms with Gasteiger partial charge in [-0.3, -0.25) is 9.59 Å². The highest BCUT2D eigenvalue weighted by atomic mass is 16.5. The number of amides is 1. The quantitative estimate of drug-likeness (QED) is 0.873. The first-order valence-corrected chi connectivity index (χ1v) is 6.91. The SMILES string of the molecule is CC(NC(=O)C(C)Oc1ccc(C(C)(C)C)cc1)C(=O)O. The molecule has 0 saturated heterocycles. The van der Waals surface area contributed by atoms with Crippen LogP contribution in [-0.2, 0) is 15.0 Å². The average Bonchev–Trinajstić information content (AvgIpc) is 2.37. The third-order valence-electron chi connectivity index (χ3n) is 3.13. The van der Waals surface area contributed by atoms with Gasteiger partial charge in [0.2, 0.25) is 0 Å². The van der Waals surface area contributed by atoms with Crippen LogP contribution in [0.1, 0.15) is 40.2 Å². The summed E-state index contributed by atoms with van der Waals surface area (Å²) in [5.41, 5.74) is 1.23. The van der Waals surface area contributed by atoms with Crippen LogP contribution < -0.4 is 10.1 Å². The molecular weight excluding hydrogens is 270 g/mol. The zero-order valence-electron chi connectivity index (χ0n) is 13.1. The minimum atomic E-state index is -1.08. The monoisotopic (exact) mass is 293 g/mol. The van der Waals surface area contributed by atoms with Crippen molar-refractivity contribution in [1.29, 1.82) is 0 Å². The second kappa shape index (κ2) is 6.61. The Hall–Kier alpha value is -2.04. The number of rotatable bonds is 5. The van der Waals surface area contributed by atoms with Gasteiger partial charge in [0.1, 0.15) is 11.8 Å². The molecule has 5 nitrogen and oxygen atoms in total. The van der Waals surface area contributed by atoms with Gasteiger partial charge in [-0.05, 0) is 37.0 Å². The Balaban J connectivity index is 2.64. The Labute approximate surface area is 125 Å². The van der Waals surface area contributed by atoms with Gasteiger partial charge in [0, 0.05) is 0 Å². The third-order valence-corrected chi connectivity index (χ3v) is 3.13. The summed E-state index contributed by atoms with van der Waals surface area (Å²) in [5.74, 6) is -0.955. The number of hydrogen-bond acceptors (Lipinski definition) is 3. The summed E-state index contributed by atoms with van der Waals surface area (Å²) in [6.45, 7) is 9.34. The number of carboxylic acids is 1. The third kappa shape index (κ3) is 5.10. The van der Waals surface area contributed by atoms with Gasteiger partial charge >= 0.3 is 5.97 Å². The second-order valence-corrected chi connectivity index (χ2v) is 6.10. The van der Waals surface area contributed by atoms with Crippen molar-refractivity contribution in [1.82, 2.24) is 5.32 Å². The van der Waals surface area contributed by atoms with Crippen LogP contribution in [0.25, 0.3) is 0 Å². The predicted octanol–water partition coefficient (Wildman–Crippen LogP) is 2.34. The molecule has 0 radical (unpaired) electrons. The van der Waals surface area contributed by atoms with E-state index in [4.69, 9.17) is 9.84 Å². The molecule has 1 rings (SSSR count). The second-order valence-electron chi connectivity index (χ2n) is 6.10. The van der Waals surface area contributed by atoms with Gasteiger partial charge in [0.05, 0.1) is 0 Å². The number of carbonyl (C=O) groups is 2. The first-order chi connectivity index (χ1) is 9.61. The number of ether oxygens (including phenoxy) is 1. The molecule has 0 aromatic heterocycles. The topological polar surface area (TPSA) is 75.6 Å². The maximum atomic E-state index is 11.8. The molecule has 0 spiro atoms. The van der Waals surface area contributed by atoms with E-state index < -0.39 is 24.0 Å². The number of hydrogen-bond donors (Lipinski definition) is 2. The largest absolute Gasteiger partial charge is 0.481 e. The van der Waals surface area contributed by atoms with Crippen molar-refractivity contribution < 1.29 is 19.4 Å². The average molecular weight is 293 g/mol. The number of carboxylic acid groups (broad SMARTS) is 1. The molecule has 21 heavy (non-hydrogen) atoms. The standard InChI is InChI=1S/C16H23NO4/c1-10(15(19)20)17-14(18)11(2)21-13-8-6-12(7-9-13)16(3,4)5/h6-11H,1-5H3,(H,17,18)(H,19,20). The number of nitrogens with one attached hydrogen (secondary N) is 1. The first-order valence-electron chi connectivity index (χ1n) is 6.91. The molecule has 2 atom stereocenters. The fraction of sp³-hybridized carbons (Fsp3) is 0.500. The lowest BCUT2D eigenvalue weighted by molar-refractivity contribution is -0.142. The molecule has 0 aliphatic heterocycles. The number of aliphatic carboxylic acids is 1. The summed E-state index contributed by atoms with van der Waals surface area (Å²) in [4.78, 5) is 22.5. The van der Waals surface area contributed by atoms with E-state index in [0.717, 1.165) is 0 Å². The minimum absolute atomic E-state index is 0.0540. The van der Waals surface area contributed by atoms with Crippen LogP contribution in [0.3, 0.4) is 0 Å². The maximum absolute atomic E-state index is 11.8. The van der Waals surface area contributed by atoms with E-state index in [-0.39, 0.29) is 5.41 Å². The molecule has 2 unspecified atom stereocenters. The van der Waals surface area contributed by atoms with Crippen molar-refractivity contribution in [2.75, 3.05) is 0 Å². The van der Waals surface area contributed by atoms with Gasteiger partial charge in [0.15, 0.2) is 6.10 Å². The van der Waals surface area contributed by atoms with Crippen molar-refractivity contribution in [2.24, 2.45) is 0 Å². The van der Waals surface area contributed by atoms with Crippen LogP contribution >= 0.6 is 0 Å². The van der Waals surface area contributed by atoms with Gasteiger partial charge in [-0.1, -0.05) is 32.9 Å². The highest BCUT2D eigenvalue weighted by molar-refractivity contribution is 5.86. The van der Waals surface area contributed by atoms with E-state index in [1.807, 2.05) is 24.3 Å². The zero-order chi connectivity index (χ0) is 16.2. The van der Waals surface area contributed by atoms with E-state index in [0.29, 0.717) is 5.75 Å². The van der Waals surface area contributed by atoms with Gasteiger partial charge in [-0.15, -0.1) is 0 Å². The summed E-state index contributed by atoms with van der Waals surface area (Å²) in [6.07, 6.45) is -0.757. The molecule has 0 saturated carbocycles. The van der Waals surface area contributed by atoms with Gasteiger partial charge in [-0.2, -0.15) is 0 Å². The van der Waals surface area contributed by atoms with Crippen LogP contribution in [0, 0.1) is 0 Å². The molecule has 0 heterocycles. The van der Waals surface area contributed by atoms with Crippen LogP contribution in [0.2, 0.25) is 0 Å². The smallest absolute Gasteiger partial charge is 0.325 e. The summed E-state index contributed by atoms with van der Waals surface area (Å²) < 4.78 is 5.52. The Morgan fingerprint density at radius 2 is 1.67 bits per heavy atom. The highest BCUT2D eigenvalue weighted by Gasteiger charge is 2.20. The van der Waals surface area contributed by atoms with Crippen molar-refractivity contribution in [3.63, 3.8) is 0 Å². The van der Waals surface area contributed by atoms with Gasteiger partial charge in [-0.25, -0.2) is 0 Å². The van der Waals surface area contributed by atoms with E-state index in [1.165, 1.54) is 12.5 Å². The maximum Gasteiger partial charge on any atom is 0.325 e. The molecule has 1 aromatic rings. The molecule has 116 valence electrons. The summed E-state index contributed by atoms with van der Waals surface area (Å²) >= 11 is 0. The Bertz CT molecular complexity index is 502. The summed E-state index contributed by atoms with van der Waals surface area (Å²) in [7, 11) is 0. The molecular formula is C16H23NO4. The predicted molar refractivity (Wildman–Crippen MR) is 80.5 cm³/mol. The van der Waals surface area contributed by atoms with Gasteiger partial charge < -0.3 is 15.2 Å². The molecule has 0 aliphatic rings. The Morgan fingerprint density at radius 3 is 2.10 bits per heavy atom. The highest BCUT2D eigenvalue weighted by Crippen LogP contribution is 2.24. The van der Waals surface area contributed by atoms with Crippen LogP contribution in [0.4, 0.5) is 0 Å². The van der Waals surface area contributed by atoms with Crippen molar-refractivity contribution >= 4 is 11.9 Å². The van der Waals surface area contributed by atoms with E-state index >= 15 is 0 Å². The fourth-order valence-corrected chi connectivity index (χ4v) is 1.68. The van der Waals surface area contributed by atoms with Crippen molar-refractivity contribution in [3.05, 3.63) is 29.8 Å². The first kappa shape index (κ1) is 17.0. The lowest BCUT2D eigenvalue weighted by Crippen LogP contribution is -2.44. The van der Waals surface area contributed by atoms with Crippen LogP contribution in [-0.4, -0.2) is 29.1 Å².